The van der Waals surface area contributed by atoms with Crippen LogP contribution >= 0.6 is 0 Å². The summed E-state index contributed by atoms with van der Waals surface area (Å²) in [5.41, 5.74) is 0.912. The van der Waals surface area contributed by atoms with Crippen molar-refractivity contribution in [2.24, 2.45) is 5.41 Å². The SMILES string of the molecule is COc1ccc(OCCC(=O)N[C@H](CN2CCC(C)(C)C2)C(O)c2ccc3c(c2)OCCO3)cc1. The Morgan fingerprint density at radius 2 is 1.83 bits per heavy atom. The van der Waals surface area contributed by atoms with Crippen LogP contribution in [0.3, 0.4) is 0 Å². The molecule has 0 radical (unpaired) electrons. The fraction of sp³-hybridized carbons (Fsp3) is 0.519. The van der Waals surface area contributed by atoms with Crippen molar-refractivity contribution >= 4 is 5.91 Å². The monoisotopic (exact) mass is 484 g/mol. The number of nitrogens with zero attached hydrogens (tertiary/aromatic N) is 1. The fourth-order valence-electron chi connectivity index (χ4n) is 4.57. The van der Waals surface area contributed by atoms with Crippen molar-refractivity contribution in [3.8, 4) is 23.0 Å². The summed E-state index contributed by atoms with van der Waals surface area (Å²) in [7, 11) is 1.61. The van der Waals surface area contributed by atoms with Crippen LogP contribution in [0.1, 0.15) is 38.4 Å². The van der Waals surface area contributed by atoms with Crippen molar-refractivity contribution in [1.29, 1.82) is 0 Å². The predicted molar refractivity (Wildman–Crippen MR) is 132 cm³/mol. The second-order valence-corrected chi connectivity index (χ2v) is 9.95. The molecule has 0 aromatic heterocycles. The van der Waals surface area contributed by atoms with E-state index in [1.807, 2.05) is 24.3 Å². The van der Waals surface area contributed by atoms with Crippen LogP contribution in [0.15, 0.2) is 42.5 Å². The molecular formula is C27H36N2O6. The van der Waals surface area contributed by atoms with Gasteiger partial charge < -0.3 is 34.3 Å². The van der Waals surface area contributed by atoms with E-state index in [0.29, 0.717) is 42.6 Å². The van der Waals surface area contributed by atoms with Crippen LogP contribution in [0.5, 0.6) is 23.0 Å². The quantitative estimate of drug-likeness (QED) is 0.535. The Morgan fingerprint density at radius 3 is 2.51 bits per heavy atom. The fourth-order valence-corrected chi connectivity index (χ4v) is 4.57. The van der Waals surface area contributed by atoms with Crippen LogP contribution in [-0.2, 0) is 4.79 Å². The molecule has 2 aliphatic heterocycles. The van der Waals surface area contributed by atoms with E-state index in [0.717, 1.165) is 25.3 Å². The van der Waals surface area contributed by atoms with Gasteiger partial charge in [-0.25, -0.2) is 0 Å². The summed E-state index contributed by atoms with van der Waals surface area (Å²) in [5.74, 6) is 2.54. The highest BCUT2D eigenvalue weighted by Crippen LogP contribution is 2.34. The van der Waals surface area contributed by atoms with Crippen molar-refractivity contribution < 1.29 is 28.8 Å². The number of likely N-dealkylation sites (tertiary alicyclic amines) is 1. The summed E-state index contributed by atoms with van der Waals surface area (Å²) < 4.78 is 22.1. The molecule has 0 aliphatic carbocycles. The van der Waals surface area contributed by atoms with E-state index >= 15 is 0 Å². The van der Waals surface area contributed by atoms with E-state index in [9.17, 15) is 9.90 Å². The van der Waals surface area contributed by atoms with E-state index < -0.39 is 12.1 Å². The summed E-state index contributed by atoms with van der Waals surface area (Å²) in [6.45, 7) is 8.14. The molecule has 190 valence electrons. The Morgan fingerprint density at radius 1 is 1.11 bits per heavy atom. The van der Waals surface area contributed by atoms with Crippen molar-refractivity contribution in [3.05, 3.63) is 48.0 Å². The predicted octanol–water partition coefficient (Wildman–Crippen LogP) is 3.19. The number of ether oxygens (including phenoxy) is 4. The Labute approximate surface area is 207 Å². The first kappa shape index (κ1) is 25.1. The Kier molecular flexibility index (Phi) is 8.03. The van der Waals surface area contributed by atoms with E-state index in [4.69, 9.17) is 18.9 Å². The molecule has 2 N–H and O–H groups in total. The maximum Gasteiger partial charge on any atom is 0.223 e. The summed E-state index contributed by atoms with van der Waals surface area (Å²) in [6.07, 6.45) is 0.381. The van der Waals surface area contributed by atoms with Gasteiger partial charge in [-0.15, -0.1) is 0 Å². The minimum Gasteiger partial charge on any atom is -0.497 e. The lowest BCUT2D eigenvalue weighted by atomic mass is 9.93. The normalized spacial score (nSPS) is 18.5. The first-order valence-corrected chi connectivity index (χ1v) is 12.2. The first-order valence-electron chi connectivity index (χ1n) is 12.2. The van der Waals surface area contributed by atoms with Gasteiger partial charge in [-0.1, -0.05) is 19.9 Å². The molecule has 0 spiro atoms. The summed E-state index contributed by atoms with van der Waals surface area (Å²) in [4.78, 5) is 15.1. The lowest BCUT2D eigenvalue weighted by molar-refractivity contribution is -0.123. The molecule has 8 nitrogen and oxygen atoms in total. The highest BCUT2D eigenvalue weighted by molar-refractivity contribution is 5.76. The molecule has 4 rings (SSSR count). The van der Waals surface area contributed by atoms with Gasteiger partial charge >= 0.3 is 0 Å². The number of nitrogens with one attached hydrogen (secondary N) is 1. The third kappa shape index (κ3) is 6.80. The molecule has 2 heterocycles. The minimum atomic E-state index is -0.888. The highest BCUT2D eigenvalue weighted by Gasteiger charge is 2.33. The number of fused-ring (bicyclic) bond motifs is 1. The molecule has 1 amide bonds. The highest BCUT2D eigenvalue weighted by atomic mass is 16.6. The Balaban J connectivity index is 1.39. The number of aliphatic hydroxyl groups excluding tert-OH is 1. The van der Waals surface area contributed by atoms with Crippen molar-refractivity contribution in [1.82, 2.24) is 10.2 Å². The molecule has 2 aromatic rings. The van der Waals surface area contributed by atoms with Crippen LogP contribution in [0, 0.1) is 5.41 Å². The second-order valence-electron chi connectivity index (χ2n) is 9.95. The zero-order valence-electron chi connectivity index (χ0n) is 20.8. The maximum atomic E-state index is 12.8. The van der Waals surface area contributed by atoms with Crippen molar-refractivity contribution in [2.75, 3.05) is 46.6 Å². The molecule has 2 aromatic carbocycles. The van der Waals surface area contributed by atoms with E-state index in [-0.39, 0.29) is 24.3 Å². The van der Waals surface area contributed by atoms with Gasteiger partial charge in [0, 0.05) is 13.1 Å². The number of carbonyl (C=O) groups excluding carboxylic acids is 1. The molecule has 2 aliphatic rings. The average Bonchev–Trinajstić information content (AvgIpc) is 3.21. The summed E-state index contributed by atoms with van der Waals surface area (Å²) in [6, 6.07) is 12.2. The summed E-state index contributed by atoms with van der Waals surface area (Å²) >= 11 is 0. The van der Waals surface area contributed by atoms with Crippen LogP contribution in [-0.4, -0.2) is 68.5 Å². The molecule has 1 saturated heterocycles. The van der Waals surface area contributed by atoms with Crippen molar-refractivity contribution in [2.45, 2.75) is 38.8 Å². The molecule has 1 fully saturated rings. The minimum absolute atomic E-state index is 0.168. The lowest BCUT2D eigenvalue weighted by Crippen LogP contribution is -2.47. The zero-order valence-corrected chi connectivity index (χ0v) is 20.8. The van der Waals surface area contributed by atoms with Gasteiger partial charge in [-0.2, -0.15) is 0 Å². The molecule has 1 unspecified atom stereocenters. The number of carbonyl (C=O) groups is 1. The molecule has 2 atom stereocenters. The van der Waals surface area contributed by atoms with Gasteiger partial charge in [0.15, 0.2) is 11.5 Å². The third-order valence-electron chi connectivity index (χ3n) is 6.50. The number of rotatable bonds is 10. The third-order valence-corrected chi connectivity index (χ3v) is 6.50. The van der Waals surface area contributed by atoms with Crippen LogP contribution < -0.4 is 24.3 Å². The van der Waals surface area contributed by atoms with E-state index in [1.54, 1.807) is 25.3 Å². The Bertz CT molecular complexity index is 994. The van der Waals surface area contributed by atoms with Crippen LogP contribution in [0.25, 0.3) is 0 Å². The van der Waals surface area contributed by atoms with Gasteiger partial charge in [-0.3, -0.25) is 4.79 Å². The smallest absolute Gasteiger partial charge is 0.223 e. The molecule has 0 bridgehead atoms. The number of methoxy groups -OCH3 is 1. The summed E-state index contributed by atoms with van der Waals surface area (Å²) in [5, 5.41) is 14.3. The maximum absolute atomic E-state index is 12.8. The van der Waals surface area contributed by atoms with E-state index in [2.05, 4.69) is 24.1 Å². The number of aliphatic hydroxyl groups is 1. The van der Waals surface area contributed by atoms with Gasteiger partial charge in [0.2, 0.25) is 5.91 Å². The second kappa shape index (κ2) is 11.2. The topological polar surface area (TPSA) is 89.5 Å². The van der Waals surface area contributed by atoms with Crippen LogP contribution in [0.4, 0.5) is 0 Å². The van der Waals surface area contributed by atoms with Gasteiger partial charge in [0.1, 0.15) is 30.8 Å². The lowest BCUT2D eigenvalue weighted by Gasteiger charge is -2.30. The number of hydrogen-bond acceptors (Lipinski definition) is 7. The molecule has 8 heteroatoms. The van der Waals surface area contributed by atoms with Gasteiger partial charge in [-0.05, 0) is 60.3 Å². The molecule has 0 saturated carbocycles. The number of amides is 1. The van der Waals surface area contributed by atoms with Gasteiger partial charge in [0.05, 0.1) is 26.2 Å². The van der Waals surface area contributed by atoms with E-state index in [1.165, 1.54) is 0 Å². The van der Waals surface area contributed by atoms with Crippen molar-refractivity contribution in [3.63, 3.8) is 0 Å². The van der Waals surface area contributed by atoms with Gasteiger partial charge in [0.25, 0.3) is 0 Å². The standard InChI is InChI=1S/C27H36N2O6/c1-27(2)11-12-29(18-27)17-22(26(31)19-4-9-23-24(16-19)35-15-14-34-23)28-25(30)10-13-33-21-7-5-20(32-3)6-8-21/h4-9,16,22,26,31H,10-15,17-18H2,1-3H3,(H,28,30)/t22-,26?/m1/s1. The Hall–Kier alpha value is -2.97. The number of hydrogen-bond donors (Lipinski definition) is 2. The first-order chi connectivity index (χ1) is 16.8. The zero-order chi connectivity index (χ0) is 24.8. The molecule has 35 heavy (non-hydrogen) atoms. The number of benzene rings is 2. The average molecular weight is 485 g/mol. The largest absolute Gasteiger partial charge is 0.497 e. The molecular weight excluding hydrogens is 448 g/mol. The van der Waals surface area contributed by atoms with Crippen LogP contribution in [0.2, 0.25) is 0 Å².